The van der Waals surface area contributed by atoms with E-state index in [1.165, 1.54) is 0 Å². The molecular formula is C21H27NO4. The van der Waals surface area contributed by atoms with Gasteiger partial charge in [0, 0.05) is 31.6 Å². The van der Waals surface area contributed by atoms with Crippen LogP contribution in [0.1, 0.15) is 24.0 Å². The van der Waals surface area contributed by atoms with Crippen molar-refractivity contribution in [2.75, 3.05) is 27.9 Å². The predicted octanol–water partition coefficient (Wildman–Crippen LogP) is 3.83. The molecule has 5 heteroatoms. The number of hydrogen-bond donors (Lipinski definition) is 0. The van der Waals surface area contributed by atoms with Crippen molar-refractivity contribution >= 4 is 5.91 Å². The fourth-order valence-electron chi connectivity index (χ4n) is 2.64. The molecule has 0 heterocycles. The second-order valence-corrected chi connectivity index (χ2v) is 6.15. The highest BCUT2D eigenvalue weighted by atomic mass is 16.5. The third-order valence-corrected chi connectivity index (χ3v) is 4.21. The van der Waals surface area contributed by atoms with Gasteiger partial charge in [-0.1, -0.05) is 18.2 Å². The van der Waals surface area contributed by atoms with Gasteiger partial charge in [-0.2, -0.15) is 0 Å². The summed E-state index contributed by atoms with van der Waals surface area (Å²) in [6.45, 7) is 3.03. The Morgan fingerprint density at radius 2 is 1.81 bits per heavy atom. The summed E-state index contributed by atoms with van der Waals surface area (Å²) < 4.78 is 16.3. The molecule has 0 aliphatic rings. The minimum Gasteiger partial charge on any atom is -0.497 e. The highest BCUT2D eigenvalue weighted by Crippen LogP contribution is 2.25. The van der Waals surface area contributed by atoms with E-state index in [4.69, 9.17) is 14.2 Å². The van der Waals surface area contributed by atoms with Crippen LogP contribution in [0.4, 0.5) is 0 Å². The molecule has 0 fully saturated rings. The van der Waals surface area contributed by atoms with Crippen LogP contribution in [0.2, 0.25) is 0 Å². The summed E-state index contributed by atoms with van der Waals surface area (Å²) in [4.78, 5) is 14.1. The Hall–Kier alpha value is -2.69. The van der Waals surface area contributed by atoms with Gasteiger partial charge in [0.05, 0.1) is 20.8 Å². The Morgan fingerprint density at radius 1 is 1.04 bits per heavy atom. The van der Waals surface area contributed by atoms with Crippen molar-refractivity contribution in [2.24, 2.45) is 0 Å². The molecule has 140 valence electrons. The van der Waals surface area contributed by atoms with E-state index < -0.39 is 0 Å². The van der Waals surface area contributed by atoms with Gasteiger partial charge in [-0.05, 0) is 37.1 Å². The Kier molecular flexibility index (Phi) is 7.33. The number of rotatable bonds is 9. The molecule has 0 aliphatic heterocycles. The van der Waals surface area contributed by atoms with E-state index in [1.54, 1.807) is 26.2 Å². The van der Waals surface area contributed by atoms with Gasteiger partial charge in [0.15, 0.2) is 0 Å². The Balaban J connectivity index is 1.81. The summed E-state index contributed by atoms with van der Waals surface area (Å²) in [5, 5.41) is 0. The van der Waals surface area contributed by atoms with Crippen LogP contribution in [-0.4, -0.2) is 38.7 Å². The molecule has 2 aromatic carbocycles. The van der Waals surface area contributed by atoms with Crippen LogP contribution in [0.15, 0.2) is 42.5 Å². The van der Waals surface area contributed by atoms with Crippen molar-refractivity contribution in [1.82, 2.24) is 4.90 Å². The molecule has 0 unspecified atom stereocenters. The second-order valence-electron chi connectivity index (χ2n) is 6.15. The largest absolute Gasteiger partial charge is 0.497 e. The van der Waals surface area contributed by atoms with Crippen LogP contribution in [0, 0.1) is 6.92 Å². The molecule has 0 aliphatic carbocycles. The quantitative estimate of drug-likeness (QED) is 0.640. The monoisotopic (exact) mass is 357 g/mol. The molecule has 0 bridgehead atoms. The van der Waals surface area contributed by atoms with Gasteiger partial charge >= 0.3 is 0 Å². The maximum atomic E-state index is 12.4. The van der Waals surface area contributed by atoms with Crippen molar-refractivity contribution < 1.29 is 19.0 Å². The smallest absolute Gasteiger partial charge is 0.222 e. The molecule has 0 aromatic heterocycles. The van der Waals surface area contributed by atoms with E-state index in [1.807, 2.05) is 49.4 Å². The molecule has 0 saturated carbocycles. The molecule has 1 amide bonds. The SMILES string of the molecule is COc1ccc(CN(C)C(=O)CCCOc2ccccc2C)c(OC)c1. The van der Waals surface area contributed by atoms with Gasteiger partial charge in [-0.15, -0.1) is 0 Å². The zero-order valence-corrected chi connectivity index (χ0v) is 16.0. The van der Waals surface area contributed by atoms with E-state index >= 15 is 0 Å². The van der Waals surface area contributed by atoms with Crippen molar-refractivity contribution in [3.8, 4) is 17.2 Å². The lowest BCUT2D eigenvalue weighted by Crippen LogP contribution is -2.26. The number of nitrogens with zero attached hydrogens (tertiary/aromatic N) is 1. The number of carbonyl (C=O) groups is 1. The lowest BCUT2D eigenvalue weighted by atomic mass is 10.1. The Bertz CT molecular complexity index is 730. The second kappa shape index (κ2) is 9.70. The summed E-state index contributed by atoms with van der Waals surface area (Å²) in [5.74, 6) is 2.40. The average molecular weight is 357 g/mol. The highest BCUT2D eigenvalue weighted by Gasteiger charge is 2.13. The number of hydrogen-bond acceptors (Lipinski definition) is 4. The molecule has 0 radical (unpaired) electrons. The van der Waals surface area contributed by atoms with Gasteiger partial charge in [0.1, 0.15) is 17.2 Å². The summed E-state index contributed by atoms with van der Waals surface area (Å²) in [5.41, 5.74) is 2.04. The van der Waals surface area contributed by atoms with E-state index in [0.717, 1.165) is 22.6 Å². The third kappa shape index (κ3) is 5.41. The molecule has 0 saturated heterocycles. The first kappa shape index (κ1) is 19.6. The summed E-state index contributed by atoms with van der Waals surface area (Å²) in [6.07, 6.45) is 1.12. The van der Waals surface area contributed by atoms with E-state index in [9.17, 15) is 4.79 Å². The van der Waals surface area contributed by atoms with Crippen LogP contribution in [0.5, 0.6) is 17.2 Å². The van der Waals surface area contributed by atoms with Crippen LogP contribution < -0.4 is 14.2 Å². The van der Waals surface area contributed by atoms with Gasteiger partial charge in [0.25, 0.3) is 0 Å². The van der Waals surface area contributed by atoms with Crippen molar-refractivity contribution in [1.29, 1.82) is 0 Å². The van der Waals surface area contributed by atoms with E-state index in [2.05, 4.69) is 0 Å². The average Bonchev–Trinajstić information content (AvgIpc) is 2.66. The zero-order valence-electron chi connectivity index (χ0n) is 16.0. The zero-order chi connectivity index (χ0) is 18.9. The molecular weight excluding hydrogens is 330 g/mol. The molecule has 0 spiro atoms. The predicted molar refractivity (Wildman–Crippen MR) is 102 cm³/mol. The highest BCUT2D eigenvalue weighted by molar-refractivity contribution is 5.75. The lowest BCUT2D eigenvalue weighted by molar-refractivity contribution is -0.130. The van der Waals surface area contributed by atoms with Crippen LogP contribution in [0.3, 0.4) is 0 Å². The number of aryl methyl sites for hydroxylation is 1. The Morgan fingerprint density at radius 3 is 2.50 bits per heavy atom. The van der Waals surface area contributed by atoms with Crippen LogP contribution >= 0.6 is 0 Å². The first-order valence-electron chi connectivity index (χ1n) is 8.68. The van der Waals surface area contributed by atoms with Gasteiger partial charge in [0.2, 0.25) is 5.91 Å². The van der Waals surface area contributed by atoms with E-state index in [-0.39, 0.29) is 5.91 Å². The number of carbonyl (C=O) groups excluding carboxylic acids is 1. The number of para-hydroxylation sites is 1. The fraction of sp³-hybridized carbons (Fsp3) is 0.381. The maximum absolute atomic E-state index is 12.4. The maximum Gasteiger partial charge on any atom is 0.222 e. The van der Waals surface area contributed by atoms with Gasteiger partial charge < -0.3 is 19.1 Å². The van der Waals surface area contributed by atoms with Crippen LogP contribution in [-0.2, 0) is 11.3 Å². The lowest BCUT2D eigenvalue weighted by Gasteiger charge is -2.19. The molecule has 0 N–H and O–H groups in total. The van der Waals surface area contributed by atoms with Crippen molar-refractivity contribution in [3.63, 3.8) is 0 Å². The van der Waals surface area contributed by atoms with Crippen molar-refractivity contribution in [2.45, 2.75) is 26.3 Å². The van der Waals surface area contributed by atoms with Crippen LogP contribution in [0.25, 0.3) is 0 Å². The van der Waals surface area contributed by atoms with E-state index in [0.29, 0.717) is 31.7 Å². The third-order valence-electron chi connectivity index (χ3n) is 4.21. The number of ether oxygens (including phenoxy) is 3. The molecule has 5 nitrogen and oxygen atoms in total. The Labute approximate surface area is 155 Å². The first-order valence-corrected chi connectivity index (χ1v) is 8.68. The number of benzene rings is 2. The first-order chi connectivity index (χ1) is 12.5. The minimum atomic E-state index is 0.0799. The summed E-state index contributed by atoms with van der Waals surface area (Å²) in [7, 11) is 5.03. The summed E-state index contributed by atoms with van der Waals surface area (Å²) in [6, 6.07) is 13.5. The molecule has 2 aromatic rings. The standard InChI is InChI=1S/C21H27NO4/c1-16-8-5-6-9-19(16)26-13-7-10-21(23)22(2)15-17-11-12-18(24-3)14-20(17)25-4/h5-6,8-9,11-12,14H,7,10,13,15H2,1-4H3. The number of amides is 1. The summed E-state index contributed by atoms with van der Waals surface area (Å²) >= 11 is 0. The van der Waals surface area contributed by atoms with Crippen molar-refractivity contribution in [3.05, 3.63) is 53.6 Å². The minimum absolute atomic E-state index is 0.0799. The normalized spacial score (nSPS) is 10.3. The number of methoxy groups -OCH3 is 2. The molecule has 2 rings (SSSR count). The topological polar surface area (TPSA) is 48.0 Å². The van der Waals surface area contributed by atoms with Gasteiger partial charge in [-0.25, -0.2) is 0 Å². The van der Waals surface area contributed by atoms with Gasteiger partial charge in [-0.3, -0.25) is 4.79 Å². The molecule has 0 atom stereocenters. The molecule has 26 heavy (non-hydrogen) atoms. The fourth-order valence-corrected chi connectivity index (χ4v) is 2.64.